The van der Waals surface area contributed by atoms with E-state index in [9.17, 15) is 0 Å². The van der Waals surface area contributed by atoms with E-state index in [4.69, 9.17) is 4.98 Å². The van der Waals surface area contributed by atoms with Gasteiger partial charge in [0.2, 0.25) is 0 Å². The van der Waals surface area contributed by atoms with E-state index in [0.29, 0.717) is 0 Å². The number of imidazole rings is 1. The van der Waals surface area contributed by atoms with E-state index in [0.717, 1.165) is 11.3 Å². The third-order valence-electron chi connectivity index (χ3n) is 9.86. The van der Waals surface area contributed by atoms with Crippen molar-refractivity contribution in [1.82, 2.24) is 9.55 Å². The summed E-state index contributed by atoms with van der Waals surface area (Å²) in [6.07, 6.45) is 0. The standard InChI is InChI=1S/C43H32N2/c1-43(2)38-27-35(33-15-9-14-32(25-33)34-20-18-28-10-3-5-12-30(28)24-34)22-23-37(38)42-44-39-16-7-8-17-40(39)45(42)41(43)36-21-19-29-11-4-6-13-31(29)26-36/h3-27,41H,1-2H3. The van der Waals surface area contributed by atoms with Crippen molar-refractivity contribution in [3.8, 4) is 33.6 Å². The number of fused-ring (bicyclic) bond motifs is 7. The topological polar surface area (TPSA) is 17.8 Å². The maximum atomic E-state index is 5.24. The van der Waals surface area contributed by atoms with Crippen molar-refractivity contribution in [2.45, 2.75) is 25.3 Å². The first-order chi connectivity index (χ1) is 22.0. The number of rotatable bonds is 3. The van der Waals surface area contributed by atoms with Crippen molar-refractivity contribution in [2.75, 3.05) is 0 Å². The van der Waals surface area contributed by atoms with Crippen LogP contribution in [0.3, 0.4) is 0 Å². The largest absolute Gasteiger partial charge is 0.315 e. The molecule has 0 saturated heterocycles. The van der Waals surface area contributed by atoms with E-state index in [1.165, 1.54) is 66.0 Å². The zero-order valence-electron chi connectivity index (χ0n) is 25.4. The van der Waals surface area contributed by atoms with Gasteiger partial charge in [-0.15, -0.1) is 0 Å². The Bertz CT molecular complexity index is 2430. The average Bonchev–Trinajstić information content (AvgIpc) is 3.47. The Labute approximate surface area is 263 Å². The van der Waals surface area contributed by atoms with Gasteiger partial charge in [-0.1, -0.05) is 129 Å². The third-order valence-corrected chi connectivity index (χ3v) is 9.86. The molecular formula is C43H32N2. The fourth-order valence-electron chi connectivity index (χ4n) is 7.61. The molecule has 1 aliphatic rings. The van der Waals surface area contributed by atoms with E-state index < -0.39 is 0 Å². The van der Waals surface area contributed by atoms with Crippen LogP contribution in [0.4, 0.5) is 0 Å². The minimum absolute atomic E-state index is 0.0798. The SMILES string of the molecule is CC1(C)c2cc(-c3cccc(-c4ccc5ccccc5c4)c3)ccc2-c2nc3ccccc3n2C1c1ccc2ccccc2c1. The minimum atomic E-state index is -0.208. The van der Waals surface area contributed by atoms with Gasteiger partial charge in [-0.3, -0.25) is 0 Å². The van der Waals surface area contributed by atoms with Crippen molar-refractivity contribution in [2.24, 2.45) is 0 Å². The van der Waals surface area contributed by atoms with Crippen molar-refractivity contribution in [3.05, 3.63) is 163 Å². The van der Waals surface area contributed by atoms with Crippen molar-refractivity contribution in [1.29, 1.82) is 0 Å². The van der Waals surface area contributed by atoms with Gasteiger partial charge in [0.25, 0.3) is 0 Å². The van der Waals surface area contributed by atoms with Gasteiger partial charge >= 0.3 is 0 Å². The highest BCUT2D eigenvalue weighted by atomic mass is 15.1. The van der Waals surface area contributed by atoms with Crippen LogP contribution in [-0.2, 0) is 5.41 Å². The summed E-state index contributed by atoms with van der Waals surface area (Å²) in [6, 6.07) is 55.5. The first-order valence-corrected chi connectivity index (χ1v) is 15.7. The van der Waals surface area contributed by atoms with Gasteiger partial charge in [-0.05, 0) is 91.3 Å². The zero-order valence-corrected chi connectivity index (χ0v) is 25.4. The molecule has 2 nitrogen and oxygen atoms in total. The molecule has 0 spiro atoms. The van der Waals surface area contributed by atoms with Gasteiger partial charge in [-0.25, -0.2) is 4.98 Å². The van der Waals surface area contributed by atoms with Crippen molar-refractivity contribution in [3.63, 3.8) is 0 Å². The predicted molar refractivity (Wildman–Crippen MR) is 189 cm³/mol. The number of nitrogens with zero attached hydrogens (tertiary/aromatic N) is 2. The quantitative estimate of drug-likeness (QED) is 0.205. The molecule has 1 aliphatic heterocycles. The van der Waals surface area contributed by atoms with Gasteiger partial charge in [0.05, 0.1) is 17.1 Å². The Morgan fingerprint density at radius 3 is 1.89 bits per heavy atom. The molecule has 2 heteroatoms. The van der Waals surface area contributed by atoms with Crippen LogP contribution in [0.2, 0.25) is 0 Å². The van der Waals surface area contributed by atoms with Crippen LogP contribution in [0, 0.1) is 0 Å². The monoisotopic (exact) mass is 576 g/mol. The predicted octanol–water partition coefficient (Wildman–Crippen LogP) is 11.2. The molecule has 8 aromatic rings. The van der Waals surface area contributed by atoms with E-state index in [1.807, 2.05) is 0 Å². The molecule has 0 amide bonds. The van der Waals surface area contributed by atoms with E-state index in [2.05, 4.69) is 170 Å². The zero-order chi connectivity index (χ0) is 30.1. The van der Waals surface area contributed by atoms with Crippen LogP contribution in [0.15, 0.2) is 152 Å². The molecule has 0 bridgehead atoms. The molecule has 0 aliphatic carbocycles. The molecule has 7 aromatic carbocycles. The molecule has 0 fully saturated rings. The first kappa shape index (κ1) is 26.0. The summed E-state index contributed by atoms with van der Waals surface area (Å²) in [5.74, 6) is 1.04. The van der Waals surface area contributed by atoms with Gasteiger partial charge in [0.15, 0.2) is 0 Å². The summed E-state index contributed by atoms with van der Waals surface area (Å²) in [6.45, 7) is 4.80. The van der Waals surface area contributed by atoms with E-state index >= 15 is 0 Å². The molecule has 45 heavy (non-hydrogen) atoms. The normalized spacial score (nSPS) is 15.3. The van der Waals surface area contributed by atoms with Crippen LogP contribution >= 0.6 is 0 Å². The molecule has 1 atom stereocenters. The highest BCUT2D eigenvalue weighted by Gasteiger charge is 2.42. The number of para-hydroxylation sites is 2. The number of hydrogen-bond acceptors (Lipinski definition) is 1. The van der Waals surface area contributed by atoms with Crippen molar-refractivity contribution < 1.29 is 0 Å². The molecule has 0 radical (unpaired) electrons. The number of benzene rings is 7. The maximum absolute atomic E-state index is 5.24. The molecule has 0 N–H and O–H groups in total. The third kappa shape index (κ3) is 4.06. The summed E-state index contributed by atoms with van der Waals surface area (Å²) >= 11 is 0. The fraction of sp³-hybridized carbons (Fsp3) is 0.0930. The summed E-state index contributed by atoms with van der Waals surface area (Å²) < 4.78 is 2.49. The van der Waals surface area contributed by atoms with E-state index in [1.54, 1.807) is 0 Å². The van der Waals surface area contributed by atoms with Gasteiger partial charge in [0.1, 0.15) is 5.82 Å². The van der Waals surface area contributed by atoms with Gasteiger partial charge in [0, 0.05) is 11.0 Å². The van der Waals surface area contributed by atoms with E-state index in [-0.39, 0.29) is 11.5 Å². The van der Waals surface area contributed by atoms with Crippen LogP contribution in [0.1, 0.15) is 31.0 Å². The van der Waals surface area contributed by atoms with Crippen LogP contribution in [0.25, 0.3) is 66.2 Å². The second-order valence-corrected chi connectivity index (χ2v) is 12.9. The Morgan fingerprint density at radius 2 is 1.11 bits per heavy atom. The summed E-state index contributed by atoms with van der Waals surface area (Å²) in [4.78, 5) is 5.24. The van der Waals surface area contributed by atoms with Crippen LogP contribution in [-0.4, -0.2) is 9.55 Å². The smallest absolute Gasteiger partial charge is 0.142 e. The lowest BCUT2D eigenvalue weighted by Crippen LogP contribution is -2.36. The Balaban J connectivity index is 1.22. The van der Waals surface area contributed by atoms with Gasteiger partial charge < -0.3 is 4.57 Å². The molecule has 1 aromatic heterocycles. The molecule has 214 valence electrons. The van der Waals surface area contributed by atoms with Crippen LogP contribution in [0.5, 0.6) is 0 Å². The molecule has 1 unspecified atom stereocenters. The number of hydrogen-bond donors (Lipinski definition) is 0. The Kier molecular flexibility index (Phi) is 5.64. The molecule has 0 saturated carbocycles. The maximum Gasteiger partial charge on any atom is 0.142 e. The average molecular weight is 577 g/mol. The number of aromatic nitrogens is 2. The van der Waals surface area contributed by atoms with Crippen LogP contribution < -0.4 is 0 Å². The lowest BCUT2D eigenvalue weighted by atomic mass is 9.70. The fourth-order valence-corrected chi connectivity index (χ4v) is 7.61. The molecule has 2 heterocycles. The highest BCUT2D eigenvalue weighted by molar-refractivity contribution is 5.89. The van der Waals surface area contributed by atoms with Gasteiger partial charge in [-0.2, -0.15) is 0 Å². The summed E-state index contributed by atoms with van der Waals surface area (Å²) in [5, 5.41) is 5.06. The highest BCUT2D eigenvalue weighted by Crippen LogP contribution is 2.51. The Morgan fingerprint density at radius 1 is 0.511 bits per heavy atom. The molecule has 9 rings (SSSR count). The second kappa shape index (κ2) is 9.77. The summed E-state index contributed by atoms with van der Waals surface area (Å²) in [7, 11) is 0. The Hall–Kier alpha value is -5.47. The molecular weight excluding hydrogens is 544 g/mol. The second-order valence-electron chi connectivity index (χ2n) is 12.9. The lowest BCUT2D eigenvalue weighted by Gasteiger charge is -2.42. The first-order valence-electron chi connectivity index (χ1n) is 15.7. The minimum Gasteiger partial charge on any atom is -0.315 e. The van der Waals surface area contributed by atoms with Crippen molar-refractivity contribution >= 4 is 32.6 Å². The lowest BCUT2D eigenvalue weighted by molar-refractivity contribution is 0.363. The summed E-state index contributed by atoms with van der Waals surface area (Å²) in [5.41, 5.74) is 10.8.